The van der Waals surface area contributed by atoms with Crippen LogP contribution in [0, 0.1) is 24.7 Å². The van der Waals surface area contributed by atoms with Gasteiger partial charge >= 0.3 is 0 Å². The Kier molecular flexibility index (Phi) is 5.32. The number of allylic oxidation sites excluding steroid dienone is 4. The molecular formula is C21H27NO. The minimum absolute atomic E-state index is 0.207. The van der Waals surface area contributed by atoms with Crippen molar-refractivity contribution in [1.29, 1.82) is 0 Å². The van der Waals surface area contributed by atoms with E-state index in [9.17, 15) is 4.79 Å². The highest BCUT2D eigenvalue weighted by atomic mass is 16.2. The third-order valence-electron chi connectivity index (χ3n) is 5.12. The summed E-state index contributed by atoms with van der Waals surface area (Å²) in [6.45, 7) is 2.06. The van der Waals surface area contributed by atoms with Gasteiger partial charge in [0.2, 0.25) is 5.91 Å². The average molecular weight is 309 g/mol. The molecule has 0 bridgehead atoms. The third-order valence-corrected chi connectivity index (χ3v) is 5.12. The molecule has 0 aliphatic heterocycles. The summed E-state index contributed by atoms with van der Waals surface area (Å²) in [4.78, 5) is 12.6. The van der Waals surface area contributed by atoms with Crippen LogP contribution >= 0.6 is 0 Å². The van der Waals surface area contributed by atoms with Crippen LogP contribution in [0.25, 0.3) is 0 Å². The van der Waals surface area contributed by atoms with Gasteiger partial charge in [-0.05, 0) is 69.4 Å². The van der Waals surface area contributed by atoms with Crippen molar-refractivity contribution in [2.24, 2.45) is 17.8 Å². The van der Waals surface area contributed by atoms with Gasteiger partial charge in [-0.2, -0.15) is 0 Å². The Balaban J connectivity index is 1.60. The van der Waals surface area contributed by atoms with Gasteiger partial charge in [-0.25, -0.2) is 0 Å². The SMILES string of the molecule is Cc1ccc(NC(=O)C2[C@H]3CC/C=C\CC/C=C\CC[C@@H]23)cc1. The first-order valence-corrected chi connectivity index (χ1v) is 8.93. The smallest absolute Gasteiger partial charge is 0.228 e. The molecule has 0 radical (unpaired) electrons. The van der Waals surface area contributed by atoms with E-state index in [-0.39, 0.29) is 11.8 Å². The van der Waals surface area contributed by atoms with Crippen LogP contribution in [0.5, 0.6) is 0 Å². The fourth-order valence-electron chi connectivity index (χ4n) is 3.72. The number of benzene rings is 1. The second-order valence-corrected chi connectivity index (χ2v) is 6.88. The lowest BCUT2D eigenvalue weighted by Gasteiger charge is -2.05. The number of aryl methyl sites for hydroxylation is 1. The predicted molar refractivity (Wildman–Crippen MR) is 96.3 cm³/mol. The summed E-state index contributed by atoms with van der Waals surface area (Å²) in [6.07, 6.45) is 15.9. The molecule has 2 aliphatic rings. The number of anilines is 1. The zero-order chi connectivity index (χ0) is 16.1. The van der Waals surface area contributed by atoms with E-state index in [2.05, 4.69) is 36.5 Å². The van der Waals surface area contributed by atoms with Crippen LogP contribution in [0.15, 0.2) is 48.6 Å². The van der Waals surface area contributed by atoms with Crippen molar-refractivity contribution in [3.05, 3.63) is 54.1 Å². The lowest BCUT2D eigenvalue weighted by Crippen LogP contribution is -2.15. The Bertz CT molecular complexity index is 560. The molecule has 23 heavy (non-hydrogen) atoms. The highest BCUT2D eigenvalue weighted by Crippen LogP contribution is 2.52. The monoisotopic (exact) mass is 309 g/mol. The molecule has 1 amide bonds. The predicted octanol–water partition coefficient (Wildman–Crippen LogP) is 5.26. The Hall–Kier alpha value is -1.83. The van der Waals surface area contributed by atoms with Crippen LogP contribution < -0.4 is 5.32 Å². The number of rotatable bonds is 2. The molecule has 0 spiro atoms. The van der Waals surface area contributed by atoms with Gasteiger partial charge < -0.3 is 5.32 Å². The van der Waals surface area contributed by atoms with Crippen molar-refractivity contribution in [3.8, 4) is 0 Å². The Morgan fingerprint density at radius 2 is 1.39 bits per heavy atom. The number of carbonyl (C=O) groups is 1. The largest absolute Gasteiger partial charge is 0.326 e. The molecule has 1 aromatic rings. The van der Waals surface area contributed by atoms with Gasteiger partial charge in [0.25, 0.3) is 0 Å². The van der Waals surface area contributed by atoms with Crippen LogP contribution in [0.3, 0.4) is 0 Å². The van der Waals surface area contributed by atoms with E-state index in [1.54, 1.807) is 0 Å². The summed E-state index contributed by atoms with van der Waals surface area (Å²) in [5.74, 6) is 1.56. The number of nitrogens with one attached hydrogen (secondary N) is 1. The van der Waals surface area contributed by atoms with Crippen molar-refractivity contribution in [1.82, 2.24) is 0 Å². The molecular weight excluding hydrogens is 282 g/mol. The van der Waals surface area contributed by atoms with Gasteiger partial charge in [0.15, 0.2) is 0 Å². The van der Waals surface area contributed by atoms with Crippen LogP contribution in [0.2, 0.25) is 0 Å². The highest BCUT2D eigenvalue weighted by Gasteiger charge is 2.52. The average Bonchev–Trinajstić information content (AvgIpc) is 3.22. The summed E-state index contributed by atoms with van der Waals surface area (Å²) in [5.41, 5.74) is 2.14. The summed E-state index contributed by atoms with van der Waals surface area (Å²) in [5, 5.41) is 3.11. The van der Waals surface area contributed by atoms with Gasteiger partial charge in [-0.1, -0.05) is 42.0 Å². The molecule has 1 saturated carbocycles. The lowest BCUT2D eigenvalue weighted by atomic mass is 10.1. The molecule has 1 aromatic carbocycles. The molecule has 2 aliphatic carbocycles. The maximum atomic E-state index is 12.6. The highest BCUT2D eigenvalue weighted by molar-refractivity contribution is 5.94. The van der Waals surface area contributed by atoms with E-state index in [0.29, 0.717) is 11.8 Å². The molecule has 0 saturated heterocycles. The van der Waals surface area contributed by atoms with Crippen LogP contribution in [-0.2, 0) is 4.79 Å². The van der Waals surface area contributed by atoms with Crippen LogP contribution in [0.4, 0.5) is 5.69 Å². The van der Waals surface area contributed by atoms with E-state index in [1.165, 1.54) is 5.56 Å². The van der Waals surface area contributed by atoms with Crippen LogP contribution in [0.1, 0.15) is 44.1 Å². The van der Waals surface area contributed by atoms with Gasteiger partial charge in [0, 0.05) is 11.6 Å². The minimum atomic E-state index is 0.207. The Morgan fingerprint density at radius 1 is 0.870 bits per heavy atom. The van der Waals surface area contributed by atoms with Gasteiger partial charge in [0.05, 0.1) is 0 Å². The van der Waals surface area contributed by atoms with Crippen molar-refractivity contribution in [3.63, 3.8) is 0 Å². The van der Waals surface area contributed by atoms with E-state index < -0.39 is 0 Å². The molecule has 2 nitrogen and oxygen atoms in total. The van der Waals surface area contributed by atoms with Crippen LogP contribution in [-0.4, -0.2) is 5.91 Å². The minimum Gasteiger partial charge on any atom is -0.326 e. The topological polar surface area (TPSA) is 29.1 Å². The molecule has 3 rings (SSSR count). The van der Waals surface area contributed by atoms with E-state index in [0.717, 1.165) is 44.2 Å². The molecule has 2 heteroatoms. The lowest BCUT2D eigenvalue weighted by molar-refractivity contribution is -0.117. The second kappa shape index (κ2) is 7.63. The summed E-state index contributed by atoms with van der Waals surface area (Å²) in [6, 6.07) is 8.08. The number of carbonyl (C=O) groups excluding carboxylic acids is 1. The fraction of sp³-hybridized carbons (Fsp3) is 0.476. The number of amides is 1. The van der Waals surface area contributed by atoms with Gasteiger partial charge in [-0.15, -0.1) is 0 Å². The van der Waals surface area contributed by atoms with Crippen molar-refractivity contribution in [2.75, 3.05) is 5.32 Å². The standard InChI is InChI=1S/C21H27NO/c1-16-12-14-17(15-13-16)22-21(23)20-18-10-8-6-4-2-3-5-7-9-11-19(18)20/h4-7,12-15,18-20H,2-3,8-11H2,1H3,(H,22,23)/b6-4-,7-5-/t18-,19+,20?. The molecule has 122 valence electrons. The van der Waals surface area contributed by atoms with Gasteiger partial charge in [-0.3, -0.25) is 4.79 Å². The molecule has 1 fully saturated rings. The summed E-state index contributed by atoms with van der Waals surface area (Å²) < 4.78 is 0. The Morgan fingerprint density at radius 3 is 1.96 bits per heavy atom. The maximum absolute atomic E-state index is 12.6. The molecule has 0 heterocycles. The third kappa shape index (κ3) is 4.34. The van der Waals surface area contributed by atoms with E-state index >= 15 is 0 Å². The first-order valence-electron chi connectivity index (χ1n) is 8.93. The van der Waals surface area contributed by atoms with E-state index in [4.69, 9.17) is 0 Å². The molecule has 3 atom stereocenters. The van der Waals surface area contributed by atoms with Crippen molar-refractivity contribution in [2.45, 2.75) is 45.4 Å². The zero-order valence-corrected chi connectivity index (χ0v) is 14.0. The maximum Gasteiger partial charge on any atom is 0.228 e. The summed E-state index contributed by atoms with van der Waals surface area (Å²) in [7, 11) is 0. The zero-order valence-electron chi connectivity index (χ0n) is 14.0. The fourth-order valence-corrected chi connectivity index (χ4v) is 3.72. The molecule has 1 unspecified atom stereocenters. The Labute approximate surface area is 139 Å². The number of fused-ring (bicyclic) bond motifs is 1. The molecule has 1 N–H and O–H groups in total. The summed E-state index contributed by atoms with van der Waals surface area (Å²) >= 11 is 0. The van der Waals surface area contributed by atoms with Crippen molar-refractivity contribution >= 4 is 11.6 Å². The first-order chi connectivity index (χ1) is 11.3. The van der Waals surface area contributed by atoms with E-state index in [1.807, 2.05) is 24.3 Å². The number of hydrogen-bond donors (Lipinski definition) is 1. The van der Waals surface area contributed by atoms with Gasteiger partial charge in [0.1, 0.15) is 0 Å². The quantitative estimate of drug-likeness (QED) is 0.742. The van der Waals surface area contributed by atoms with Crippen molar-refractivity contribution < 1.29 is 4.79 Å². The second-order valence-electron chi connectivity index (χ2n) is 6.88. The first kappa shape index (κ1) is 16.0. The normalized spacial score (nSPS) is 30.2. The molecule has 0 aromatic heterocycles. The number of hydrogen-bond acceptors (Lipinski definition) is 1.